The quantitative estimate of drug-likeness (QED) is 0.119. The highest BCUT2D eigenvalue weighted by Crippen LogP contribution is 2.36. The number of nitrogens with zero attached hydrogens (tertiary/aromatic N) is 2. The molecule has 0 heterocycles. The van der Waals surface area contributed by atoms with Crippen LogP contribution in [0.5, 0.6) is 0 Å². The number of benzene rings is 7. The van der Waals surface area contributed by atoms with E-state index in [1.807, 2.05) is 42.5 Å². The number of rotatable bonds is 13. The third kappa shape index (κ3) is 7.88. The van der Waals surface area contributed by atoms with Gasteiger partial charge in [0, 0.05) is 56.9 Å². The van der Waals surface area contributed by atoms with Gasteiger partial charge in [-0.15, -0.1) is 0 Å². The van der Waals surface area contributed by atoms with Gasteiger partial charge >= 0.3 is 0 Å². The summed E-state index contributed by atoms with van der Waals surface area (Å²) in [6.07, 6.45) is 5.59. The zero-order valence-electron chi connectivity index (χ0n) is 28.9. The highest BCUT2D eigenvalue weighted by atomic mass is 15.1. The standard InChI is InChI=1S/C48H40N4/c1-3-14-43(4-2)51(44-15-8-5-9-16-44)47-33-29-41(30-34-47)49-39-25-21-37(22-26-39)38-23-27-40(28-24-38)50-42-31-35-48(36-32-42)52(45-17-10-6-11-18-45)46-19-12-7-13-20-46/h3-36,49-50H,1-2H2/b43-14+. The van der Waals surface area contributed by atoms with Gasteiger partial charge in [-0.3, -0.25) is 0 Å². The minimum atomic E-state index is 0.949. The summed E-state index contributed by atoms with van der Waals surface area (Å²) in [6, 6.07) is 65.2. The molecule has 2 N–H and O–H groups in total. The Bertz CT molecular complexity index is 2190. The second-order valence-electron chi connectivity index (χ2n) is 12.2. The average molecular weight is 673 g/mol. The van der Waals surface area contributed by atoms with Gasteiger partial charge < -0.3 is 20.4 Å². The van der Waals surface area contributed by atoms with Crippen LogP contribution in [-0.4, -0.2) is 0 Å². The lowest BCUT2D eigenvalue weighted by Crippen LogP contribution is -2.14. The summed E-state index contributed by atoms with van der Waals surface area (Å²) in [5.41, 5.74) is 12.8. The molecule has 7 rings (SSSR count). The zero-order chi connectivity index (χ0) is 35.5. The van der Waals surface area contributed by atoms with Crippen LogP contribution in [0.1, 0.15) is 0 Å². The summed E-state index contributed by atoms with van der Waals surface area (Å²) in [6.45, 7) is 7.90. The van der Waals surface area contributed by atoms with E-state index < -0.39 is 0 Å². The summed E-state index contributed by atoms with van der Waals surface area (Å²) < 4.78 is 0. The molecule has 4 nitrogen and oxygen atoms in total. The van der Waals surface area contributed by atoms with E-state index in [4.69, 9.17) is 0 Å². The maximum absolute atomic E-state index is 4.02. The number of hydrogen-bond acceptors (Lipinski definition) is 4. The van der Waals surface area contributed by atoms with E-state index >= 15 is 0 Å². The van der Waals surface area contributed by atoms with Crippen molar-refractivity contribution >= 4 is 51.2 Å². The van der Waals surface area contributed by atoms with Gasteiger partial charge in [0.2, 0.25) is 0 Å². The molecule has 7 aromatic rings. The maximum Gasteiger partial charge on any atom is 0.0463 e. The van der Waals surface area contributed by atoms with Crippen LogP contribution in [0.3, 0.4) is 0 Å². The van der Waals surface area contributed by atoms with Crippen LogP contribution in [0, 0.1) is 0 Å². The molecule has 252 valence electrons. The second-order valence-corrected chi connectivity index (χ2v) is 12.2. The van der Waals surface area contributed by atoms with Crippen molar-refractivity contribution in [3.8, 4) is 11.1 Å². The van der Waals surface area contributed by atoms with Gasteiger partial charge in [-0.2, -0.15) is 0 Å². The number of nitrogens with one attached hydrogen (secondary N) is 2. The Kier molecular flexibility index (Phi) is 10.4. The Morgan fingerprint density at radius 3 is 1.10 bits per heavy atom. The Hall–Kier alpha value is -7.04. The summed E-state index contributed by atoms with van der Waals surface area (Å²) in [4.78, 5) is 4.42. The van der Waals surface area contributed by atoms with Crippen LogP contribution < -0.4 is 20.4 Å². The molecule has 0 atom stereocenters. The molecular weight excluding hydrogens is 633 g/mol. The van der Waals surface area contributed by atoms with Crippen LogP contribution in [0.2, 0.25) is 0 Å². The molecule has 0 saturated heterocycles. The van der Waals surface area contributed by atoms with Gasteiger partial charge in [0.1, 0.15) is 0 Å². The lowest BCUT2D eigenvalue weighted by atomic mass is 10.0. The summed E-state index contributed by atoms with van der Waals surface area (Å²) in [7, 11) is 0. The molecule has 0 aliphatic heterocycles. The van der Waals surface area contributed by atoms with Gasteiger partial charge in [0.15, 0.2) is 0 Å². The van der Waals surface area contributed by atoms with Crippen molar-refractivity contribution in [1.29, 1.82) is 0 Å². The third-order valence-electron chi connectivity index (χ3n) is 8.73. The summed E-state index contributed by atoms with van der Waals surface area (Å²) >= 11 is 0. The van der Waals surface area contributed by atoms with Crippen molar-refractivity contribution in [3.63, 3.8) is 0 Å². The Morgan fingerprint density at radius 1 is 0.385 bits per heavy atom. The Labute approximate surface area is 307 Å². The van der Waals surface area contributed by atoms with E-state index in [-0.39, 0.29) is 0 Å². The highest BCUT2D eigenvalue weighted by molar-refractivity contribution is 5.78. The molecule has 0 spiro atoms. The third-order valence-corrected chi connectivity index (χ3v) is 8.73. The number of anilines is 9. The molecule has 52 heavy (non-hydrogen) atoms. The zero-order valence-corrected chi connectivity index (χ0v) is 28.9. The van der Waals surface area contributed by atoms with E-state index in [1.165, 1.54) is 0 Å². The molecule has 0 bridgehead atoms. The first-order valence-corrected chi connectivity index (χ1v) is 17.3. The van der Waals surface area contributed by atoms with Crippen molar-refractivity contribution < 1.29 is 0 Å². The van der Waals surface area contributed by atoms with E-state index in [2.05, 4.69) is 191 Å². The minimum absolute atomic E-state index is 0.949. The molecular formula is C48H40N4. The van der Waals surface area contributed by atoms with Crippen molar-refractivity contribution in [2.75, 3.05) is 20.4 Å². The largest absolute Gasteiger partial charge is 0.356 e. The molecule has 0 aromatic heterocycles. The van der Waals surface area contributed by atoms with Crippen LogP contribution >= 0.6 is 0 Å². The lowest BCUT2D eigenvalue weighted by molar-refractivity contribution is 1.21. The van der Waals surface area contributed by atoms with Gasteiger partial charge in [0.05, 0.1) is 0 Å². The van der Waals surface area contributed by atoms with Crippen molar-refractivity contribution in [3.05, 3.63) is 225 Å². The average Bonchev–Trinajstić information content (AvgIpc) is 3.21. The molecule has 4 heteroatoms. The minimum Gasteiger partial charge on any atom is -0.356 e. The topological polar surface area (TPSA) is 30.5 Å². The van der Waals surface area contributed by atoms with E-state index in [0.29, 0.717) is 0 Å². The van der Waals surface area contributed by atoms with E-state index in [9.17, 15) is 0 Å². The van der Waals surface area contributed by atoms with Crippen LogP contribution in [-0.2, 0) is 0 Å². The molecule has 0 unspecified atom stereocenters. The van der Waals surface area contributed by atoms with Crippen LogP contribution in [0.25, 0.3) is 11.1 Å². The van der Waals surface area contributed by atoms with E-state index in [0.717, 1.165) is 68.0 Å². The van der Waals surface area contributed by atoms with Crippen molar-refractivity contribution in [2.24, 2.45) is 0 Å². The van der Waals surface area contributed by atoms with Crippen molar-refractivity contribution in [2.45, 2.75) is 0 Å². The number of allylic oxidation sites excluding steroid dienone is 3. The number of hydrogen-bond donors (Lipinski definition) is 2. The molecule has 0 fully saturated rings. The Balaban J connectivity index is 0.996. The Morgan fingerprint density at radius 2 is 0.712 bits per heavy atom. The summed E-state index contributed by atoms with van der Waals surface area (Å²) in [5.74, 6) is 0. The fourth-order valence-corrected chi connectivity index (χ4v) is 6.19. The molecule has 0 saturated carbocycles. The lowest BCUT2D eigenvalue weighted by Gasteiger charge is -2.26. The predicted octanol–water partition coefficient (Wildman–Crippen LogP) is 13.7. The van der Waals surface area contributed by atoms with Gasteiger partial charge in [-0.1, -0.05) is 98.1 Å². The van der Waals surface area contributed by atoms with Crippen LogP contribution in [0.15, 0.2) is 225 Å². The smallest absolute Gasteiger partial charge is 0.0463 e. The first-order chi connectivity index (χ1) is 25.7. The highest BCUT2D eigenvalue weighted by Gasteiger charge is 2.13. The number of para-hydroxylation sites is 3. The monoisotopic (exact) mass is 672 g/mol. The molecule has 0 amide bonds. The fourth-order valence-electron chi connectivity index (χ4n) is 6.19. The van der Waals surface area contributed by atoms with Gasteiger partial charge in [0.25, 0.3) is 0 Å². The molecule has 0 aliphatic rings. The normalized spacial score (nSPS) is 11.0. The summed E-state index contributed by atoms with van der Waals surface area (Å²) in [5, 5.41) is 7.10. The molecule has 0 aliphatic carbocycles. The van der Waals surface area contributed by atoms with Crippen molar-refractivity contribution in [1.82, 2.24) is 0 Å². The first kappa shape index (κ1) is 33.5. The first-order valence-electron chi connectivity index (χ1n) is 17.3. The predicted molar refractivity (Wildman–Crippen MR) is 223 cm³/mol. The maximum atomic E-state index is 4.02. The van der Waals surface area contributed by atoms with Crippen LogP contribution in [0.4, 0.5) is 51.2 Å². The molecule has 0 radical (unpaired) electrons. The SMILES string of the molecule is C=C/C=C(\C=C)N(c1ccccc1)c1ccc(Nc2ccc(-c3ccc(Nc4ccc(N(c5ccccc5)c5ccccc5)cc4)cc3)cc2)cc1. The van der Waals surface area contributed by atoms with Gasteiger partial charge in [-0.25, -0.2) is 0 Å². The second kappa shape index (κ2) is 16.1. The van der Waals surface area contributed by atoms with Gasteiger partial charge in [-0.05, 0) is 132 Å². The van der Waals surface area contributed by atoms with E-state index in [1.54, 1.807) is 6.08 Å². The fraction of sp³-hybridized carbons (Fsp3) is 0. The molecule has 7 aromatic carbocycles.